The zero-order valence-corrected chi connectivity index (χ0v) is 15.7. The molecule has 8 atom stereocenters. The highest BCUT2D eigenvalue weighted by molar-refractivity contribution is 6.01. The Balaban J connectivity index is 1.74. The number of Topliss-reactive ketones (excluding diaryl/α,β-unsaturated/α-hetero) is 1. The highest BCUT2D eigenvalue weighted by Crippen LogP contribution is 2.67. The molecule has 0 aromatic carbocycles. The molecule has 0 amide bonds. The molecular weight excluding hydrogens is 315 g/mol. The summed E-state index contributed by atoms with van der Waals surface area (Å²) < 4.78 is 15.1. The van der Waals surface area contributed by atoms with Crippen molar-refractivity contribution in [2.24, 2.45) is 40.4 Å². The average molecular weight is 344 g/mol. The van der Waals surface area contributed by atoms with E-state index in [1.807, 2.05) is 6.08 Å². The Labute approximate surface area is 149 Å². The van der Waals surface area contributed by atoms with Crippen LogP contribution in [0.2, 0.25) is 0 Å². The van der Waals surface area contributed by atoms with E-state index in [0.717, 1.165) is 19.3 Å². The Hall–Kier alpha value is -1.25. The topological polar surface area (TPSA) is 34.1 Å². The van der Waals surface area contributed by atoms with E-state index in [4.69, 9.17) is 0 Å². The zero-order valence-electron chi connectivity index (χ0n) is 15.7. The lowest BCUT2D eigenvalue weighted by Gasteiger charge is -2.57. The molecule has 25 heavy (non-hydrogen) atoms. The summed E-state index contributed by atoms with van der Waals surface area (Å²) in [5, 5.41) is 0. The molecule has 0 heterocycles. The number of fused-ring (bicyclic) bond motifs is 5. The van der Waals surface area contributed by atoms with Gasteiger partial charge in [0.05, 0.1) is 0 Å². The van der Waals surface area contributed by atoms with Crippen LogP contribution in [0.15, 0.2) is 23.8 Å². The summed E-state index contributed by atoms with van der Waals surface area (Å²) in [7, 11) is 0. The maximum atomic E-state index is 15.1. The monoisotopic (exact) mass is 344 g/mol. The van der Waals surface area contributed by atoms with Gasteiger partial charge in [0.25, 0.3) is 0 Å². The van der Waals surface area contributed by atoms with Gasteiger partial charge < -0.3 is 0 Å². The predicted molar refractivity (Wildman–Crippen MR) is 95.6 cm³/mol. The second-order valence-corrected chi connectivity index (χ2v) is 9.54. The molecule has 0 saturated heterocycles. The fourth-order valence-electron chi connectivity index (χ4n) is 7.43. The Morgan fingerprint density at radius 3 is 2.64 bits per heavy atom. The molecule has 0 spiro atoms. The maximum absolute atomic E-state index is 15.1. The molecule has 4 rings (SSSR count). The molecule has 0 aliphatic heterocycles. The van der Waals surface area contributed by atoms with Crippen molar-refractivity contribution in [2.45, 2.75) is 59.5 Å². The van der Waals surface area contributed by atoms with Crippen LogP contribution in [0.5, 0.6) is 0 Å². The van der Waals surface area contributed by atoms with E-state index in [-0.39, 0.29) is 22.5 Å². The van der Waals surface area contributed by atoms with Gasteiger partial charge in [-0.05, 0) is 79.4 Å². The zero-order chi connectivity index (χ0) is 18.1. The molecule has 4 aliphatic rings. The van der Waals surface area contributed by atoms with Gasteiger partial charge in [-0.3, -0.25) is 9.59 Å². The molecular formula is C22H29FO2. The number of hydrogen-bond donors (Lipinski definition) is 0. The molecule has 0 radical (unpaired) electrons. The van der Waals surface area contributed by atoms with Crippen LogP contribution < -0.4 is 0 Å². The maximum Gasteiger partial charge on any atom is 0.178 e. The van der Waals surface area contributed by atoms with E-state index in [0.29, 0.717) is 41.4 Å². The third kappa shape index (κ3) is 2.20. The smallest absolute Gasteiger partial charge is 0.178 e. The average Bonchev–Trinajstić information content (AvgIpc) is 2.80. The Bertz CT molecular complexity index is 692. The quantitative estimate of drug-likeness (QED) is 0.691. The Kier molecular flexibility index (Phi) is 3.69. The number of halogens is 1. The minimum atomic E-state index is -1.03. The highest BCUT2D eigenvalue weighted by atomic mass is 19.1. The van der Waals surface area contributed by atoms with Crippen molar-refractivity contribution in [1.82, 2.24) is 0 Å². The lowest BCUT2D eigenvalue weighted by atomic mass is 9.47. The van der Waals surface area contributed by atoms with Crippen LogP contribution in [0.1, 0.15) is 53.4 Å². The van der Waals surface area contributed by atoms with Crippen molar-refractivity contribution in [3.63, 3.8) is 0 Å². The van der Waals surface area contributed by atoms with E-state index in [1.54, 1.807) is 19.1 Å². The van der Waals surface area contributed by atoms with Crippen LogP contribution in [0, 0.1) is 40.4 Å². The molecule has 136 valence electrons. The molecule has 0 aromatic heterocycles. The third-order valence-electron chi connectivity index (χ3n) is 8.32. The second-order valence-electron chi connectivity index (χ2n) is 9.54. The van der Waals surface area contributed by atoms with E-state index in [2.05, 4.69) is 20.8 Å². The van der Waals surface area contributed by atoms with Crippen LogP contribution in [0.3, 0.4) is 0 Å². The van der Waals surface area contributed by atoms with Crippen molar-refractivity contribution in [1.29, 1.82) is 0 Å². The van der Waals surface area contributed by atoms with Gasteiger partial charge in [0.2, 0.25) is 0 Å². The van der Waals surface area contributed by atoms with Crippen LogP contribution in [-0.4, -0.2) is 17.7 Å². The van der Waals surface area contributed by atoms with Crippen molar-refractivity contribution in [2.75, 3.05) is 0 Å². The SMILES string of the molecule is CC(=O)[C@H]1[C@H](C)C[C@H]2[C@@H]3C[C@H](F)C4=CC(=O)C=C[C@]4(C)[C@H]3CC[C@@]21C. The fourth-order valence-corrected chi connectivity index (χ4v) is 7.43. The van der Waals surface area contributed by atoms with Gasteiger partial charge in [0.15, 0.2) is 5.78 Å². The van der Waals surface area contributed by atoms with E-state index in [9.17, 15) is 9.59 Å². The second kappa shape index (κ2) is 5.37. The summed E-state index contributed by atoms with van der Waals surface area (Å²) in [5.74, 6) is 1.82. The summed E-state index contributed by atoms with van der Waals surface area (Å²) in [4.78, 5) is 24.1. The van der Waals surface area contributed by atoms with Gasteiger partial charge in [-0.15, -0.1) is 0 Å². The normalized spacial score (nSPS) is 51.4. The van der Waals surface area contributed by atoms with Gasteiger partial charge >= 0.3 is 0 Å². The van der Waals surface area contributed by atoms with Gasteiger partial charge in [-0.1, -0.05) is 26.8 Å². The molecule has 4 aliphatic carbocycles. The van der Waals surface area contributed by atoms with Crippen LogP contribution in [0.25, 0.3) is 0 Å². The standard InChI is InChI=1S/C22H29FO2/c1-12-9-17-15-11-19(23)18-10-14(25)5-7-21(18,3)16(15)6-8-22(17,4)20(12)13(2)24/h5,7,10,12,15-17,19-20H,6,8-9,11H2,1-4H3/t12-,15-,16+,17+,19+,20-,21-,22+/m1/s1. The minimum Gasteiger partial charge on any atom is -0.300 e. The molecule has 0 bridgehead atoms. The minimum absolute atomic E-state index is 0.0118. The molecule has 3 heteroatoms. The molecule has 2 nitrogen and oxygen atoms in total. The van der Waals surface area contributed by atoms with Gasteiger partial charge in [0.1, 0.15) is 12.0 Å². The molecule has 0 unspecified atom stereocenters. The van der Waals surface area contributed by atoms with Crippen molar-refractivity contribution in [3.05, 3.63) is 23.8 Å². The summed E-state index contributed by atoms with van der Waals surface area (Å²) in [5.41, 5.74) is 0.367. The molecule has 3 fully saturated rings. The fraction of sp³-hybridized carbons (Fsp3) is 0.727. The summed E-state index contributed by atoms with van der Waals surface area (Å²) in [6.45, 7) is 8.34. The first kappa shape index (κ1) is 17.2. The van der Waals surface area contributed by atoms with Crippen LogP contribution in [0.4, 0.5) is 4.39 Å². The molecule has 0 N–H and O–H groups in total. The lowest BCUT2D eigenvalue weighted by molar-refractivity contribution is -0.129. The number of rotatable bonds is 1. The first-order chi connectivity index (χ1) is 11.7. The number of ketones is 2. The van der Waals surface area contributed by atoms with E-state index >= 15 is 4.39 Å². The van der Waals surface area contributed by atoms with Crippen LogP contribution >= 0.6 is 0 Å². The number of hydrogen-bond acceptors (Lipinski definition) is 2. The third-order valence-corrected chi connectivity index (χ3v) is 8.32. The van der Waals surface area contributed by atoms with Gasteiger partial charge in [-0.2, -0.15) is 0 Å². The predicted octanol–water partition coefficient (Wildman–Crippen LogP) is 4.69. The first-order valence-corrected chi connectivity index (χ1v) is 9.78. The lowest BCUT2D eigenvalue weighted by Crippen LogP contribution is -2.52. The molecule has 3 saturated carbocycles. The summed E-state index contributed by atoms with van der Waals surface area (Å²) in [6.07, 6.45) is 7.72. The summed E-state index contributed by atoms with van der Waals surface area (Å²) in [6, 6.07) is 0. The van der Waals surface area contributed by atoms with Crippen LogP contribution in [-0.2, 0) is 9.59 Å². The summed E-state index contributed by atoms with van der Waals surface area (Å²) >= 11 is 0. The van der Waals surface area contributed by atoms with Crippen molar-refractivity contribution >= 4 is 11.6 Å². The first-order valence-electron chi connectivity index (χ1n) is 9.78. The van der Waals surface area contributed by atoms with Gasteiger partial charge in [0, 0.05) is 11.3 Å². The Morgan fingerprint density at radius 1 is 1.24 bits per heavy atom. The Morgan fingerprint density at radius 2 is 1.96 bits per heavy atom. The van der Waals surface area contributed by atoms with Crippen molar-refractivity contribution < 1.29 is 14.0 Å². The van der Waals surface area contributed by atoms with E-state index < -0.39 is 6.17 Å². The highest BCUT2D eigenvalue weighted by Gasteiger charge is 2.62. The largest absolute Gasteiger partial charge is 0.300 e. The number of carbonyl (C=O) groups is 2. The van der Waals surface area contributed by atoms with Crippen molar-refractivity contribution in [3.8, 4) is 0 Å². The van der Waals surface area contributed by atoms with E-state index in [1.165, 1.54) is 0 Å². The molecule has 0 aromatic rings. The number of alkyl halides is 1. The number of carbonyl (C=O) groups excluding carboxylic acids is 2. The number of allylic oxidation sites excluding steroid dienone is 4. The van der Waals surface area contributed by atoms with Gasteiger partial charge in [-0.25, -0.2) is 4.39 Å².